The van der Waals surface area contributed by atoms with Crippen molar-refractivity contribution >= 4 is 29.2 Å². The number of hydrogen-bond acceptors (Lipinski definition) is 10. The Labute approximate surface area is 212 Å². The Balaban J connectivity index is 2.09. The van der Waals surface area contributed by atoms with Gasteiger partial charge in [-0.3, -0.25) is 4.79 Å². The SMILES string of the molecule is COCOc1cc2c(OCOC)c(c1OC)CCOC(=O)c1c(O)cc(O)c(Cl)c1CCCC(=O)N2. The number of fused-ring (bicyclic) bond motifs is 3. The number of ether oxygens (including phenoxy) is 6. The van der Waals surface area contributed by atoms with Crippen LogP contribution in [0.25, 0.3) is 0 Å². The number of halogens is 1. The second-order valence-corrected chi connectivity index (χ2v) is 8.11. The third kappa shape index (κ3) is 6.04. The molecule has 36 heavy (non-hydrogen) atoms. The van der Waals surface area contributed by atoms with Gasteiger partial charge in [-0.1, -0.05) is 11.6 Å². The average Bonchev–Trinajstić information content (AvgIpc) is 2.84. The van der Waals surface area contributed by atoms with E-state index in [9.17, 15) is 19.8 Å². The molecular weight excluding hydrogens is 498 g/mol. The Morgan fingerprint density at radius 1 is 0.944 bits per heavy atom. The van der Waals surface area contributed by atoms with Crippen molar-refractivity contribution in [3.8, 4) is 28.7 Å². The quantitative estimate of drug-likeness (QED) is 0.363. The van der Waals surface area contributed by atoms with Gasteiger partial charge in [0.15, 0.2) is 30.8 Å². The molecule has 0 spiro atoms. The summed E-state index contributed by atoms with van der Waals surface area (Å²) in [5, 5.41) is 23.1. The zero-order chi connectivity index (χ0) is 26.2. The number of amides is 1. The summed E-state index contributed by atoms with van der Waals surface area (Å²) >= 11 is 6.22. The summed E-state index contributed by atoms with van der Waals surface area (Å²) < 4.78 is 32.5. The lowest BCUT2D eigenvalue weighted by molar-refractivity contribution is -0.116. The normalized spacial score (nSPS) is 14.2. The van der Waals surface area contributed by atoms with Crippen molar-refractivity contribution in [2.45, 2.75) is 25.7 Å². The first kappa shape index (κ1) is 27.2. The maximum Gasteiger partial charge on any atom is 0.342 e. The fourth-order valence-electron chi connectivity index (χ4n) is 3.84. The van der Waals surface area contributed by atoms with Gasteiger partial charge in [0.05, 0.1) is 24.4 Å². The third-order valence-electron chi connectivity index (χ3n) is 5.36. The van der Waals surface area contributed by atoms with E-state index in [1.807, 2.05) is 0 Å². The summed E-state index contributed by atoms with van der Waals surface area (Å²) in [4.78, 5) is 25.8. The van der Waals surface area contributed by atoms with Crippen molar-refractivity contribution in [2.24, 2.45) is 0 Å². The Morgan fingerprint density at radius 2 is 1.67 bits per heavy atom. The molecule has 196 valence electrons. The fourth-order valence-corrected chi connectivity index (χ4v) is 4.08. The first-order chi connectivity index (χ1) is 17.3. The molecule has 1 aliphatic rings. The molecule has 0 aliphatic carbocycles. The second-order valence-electron chi connectivity index (χ2n) is 7.73. The average molecular weight is 526 g/mol. The number of aromatic hydroxyl groups is 2. The summed E-state index contributed by atoms with van der Waals surface area (Å²) in [5.74, 6) is -1.23. The van der Waals surface area contributed by atoms with Gasteiger partial charge in [0.2, 0.25) is 5.91 Å². The molecule has 12 heteroatoms. The van der Waals surface area contributed by atoms with Gasteiger partial charge < -0.3 is 44.0 Å². The van der Waals surface area contributed by atoms with Crippen molar-refractivity contribution in [2.75, 3.05) is 46.8 Å². The lowest BCUT2D eigenvalue weighted by atomic mass is 9.99. The van der Waals surface area contributed by atoms with Crippen molar-refractivity contribution in [1.29, 1.82) is 0 Å². The van der Waals surface area contributed by atoms with Crippen LogP contribution in [0.15, 0.2) is 12.1 Å². The Kier molecular flexibility index (Phi) is 9.45. The van der Waals surface area contributed by atoms with E-state index in [4.69, 9.17) is 40.0 Å². The molecule has 0 fully saturated rings. The first-order valence-electron chi connectivity index (χ1n) is 11.0. The van der Waals surface area contributed by atoms with Gasteiger partial charge in [-0.2, -0.15) is 0 Å². The highest BCUT2D eigenvalue weighted by Crippen LogP contribution is 2.44. The zero-order valence-electron chi connectivity index (χ0n) is 20.1. The van der Waals surface area contributed by atoms with Gasteiger partial charge in [0.25, 0.3) is 0 Å². The first-order valence-corrected chi connectivity index (χ1v) is 11.4. The molecule has 2 aromatic rings. The molecule has 2 bridgehead atoms. The predicted octanol–water partition coefficient (Wildman–Crippen LogP) is 3.40. The van der Waals surface area contributed by atoms with E-state index in [0.29, 0.717) is 11.3 Å². The van der Waals surface area contributed by atoms with Crippen LogP contribution in [0.2, 0.25) is 5.02 Å². The number of esters is 1. The molecule has 0 saturated heterocycles. The third-order valence-corrected chi connectivity index (χ3v) is 5.79. The Bertz CT molecular complexity index is 1120. The highest BCUT2D eigenvalue weighted by Gasteiger charge is 2.27. The molecule has 0 atom stereocenters. The monoisotopic (exact) mass is 525 g/mol. The van der Waals surface area contributed by atoms with E-state index in [-0.39, 0.29) is 90.9 Å². The zero-order valence-corrected chi connectivity index (χ0v) is 20.9. The second kappa shape index (κ2) is 12.5. The summed E-state index contributed by atoms with van der Waals surface area (Å²) in [7, 11) is 4.35. The summed E-state index contributed by atoms with van der Waals surface area (Å²) in [6.07, 6.45) is 0.490. The molecule has 11 nitrogen and oxygen atoms in total. The molecule has 3 N–H and O–H groups in total. The smallest absolute Gasteiger partial charge is 0.342 e. The molecule has 0 unspecified atom stereocenters. The van der Waals surface area contributed by atoms with Gasteiger partial charge in [-0.15, -0.1) is 0 Å². The molecule has 1 aliphatic heterocycles. The number of carbonyl (C=O) groups is 2. The predicted molar refractivity (Wildman–Crippen MR) is 128 cm³/mol. The molecule has 3 rings (SSSR count). The topological polar surface area (TPSA) is 142 Å². The lowest BCUT2D eigenvalue weighted by Crippen LogP contribution is -2.18. The van der Waals surface area contributed by atoms with Crippen molar-refractivity contribution in [3.05, 3.63) is 33.8 Å². The number of methoxy groups -OCH3 is 3. The summed E-state index contributed by atoms with van der Waals surface area (Å²) in [6.45, 7) is -0.364. The van der Waals surface area contributed by atoms with Crippen LogP contribution in [0.1, 0.15) is 34.3 Å². The Hall–Kier alpha value is -3.41. The number of phenols is 2. The fraction of sp³-hybridized carbons (Fsp3) is 0.417. The molecule has 1 amide bonds. The van der Waals surface area contributed by atoms with Crippen molar-refractivity contribution in [1.82, 2.24) is 0 Å². The van der Waals surface area contributed by atoms with Crippen molar-refractivity contribution in [3.63, 3.8) is 0 Å². The number of phenolic OH excluding ortho intramolecular Hbond substituents is 2. The minimum atomic E-state index is -0.837. The van der Waals surface area contributed by atoms with Gasteiger partial charge in [-0.25, -0.2) is 4.79 Å². The number of anilines is 1. The molecule has 0 radical (unpaired) electrons. The largest absolute Gasteiger partial charge is 0.507 e. The summed E-state index contributed by atoms with van der Waals surface area (Å²) in [5.41, 5.74) is 0.767. The molecular formula is C24H28ClNO10. The van der Waals surface area contributed by atoms with Crippen LogP contribution in [0.5, 0.6) is 28.7 Å². The number of hydrogen-bond donors (Lipinski definition) is 3. The number of carbonyl (C=O) groups excluding carboxylic acids is 2. The maximum absolute atomic E-state index is 12.9. The van der Waals surface area contributed by atoms with Gasteiger partial charge >= 0.3 is 5.97 Å². The minimum Gasteiger partial charge on any atom is -0.507 e. The van der Waals surface area contributed by atoms with Crippen LogP contribution in [0.3, 0.4) is 0 Å². The minimum absolute atomic E-state index is 0.0283. The standard InChI is InChI=1S/C24H28ClNO10/c1-31-11-35-18-9-15-22(36-12-32-2)14(23(18)33-3)7-8-34-24(30)20-13(5-4-6-19(29)26-15)21(25)17(28)10-16(20)27/h9-10,27-28H,4-8,11-12H2,1-3H3,(H,26,29). The van der Waals surface area contributed by atoms with E-state index in [0.717, 1.165) is 6.07 Å². The van der Waals surface area contributed by atoms with Gasteiger partial charge in [-0.05, 0) is 18.4 Å². The molecule has 0 aromatic heterocycles. The summed E-state index contributed by atoms with van der Waals surface area (Å²) in [6, 6.07) is 2.52. The molecule has 2 aromatic carbocycles. The van der Waals surface area contributed by atoms with Gasteiger partial charge in [0, 0.05) is 44.8 Å². The van der Waals surface area contributed by atoms with E-state index >= 15 is 0 Å². The lowest BCUT2D eigenvalue weighted by Gasteiger charge is -2.22. The molecule has 1 heterocycles. The van der Waals surface area contributed by atoms with Crippen molar-refractivity contribution < 1.29 is 48.2 Å². The van der Waals surface area contributed by atoms with Crippen LogP contribution in [-0.4, -0.2) is 63.6 Å². The number of benzene rings is 2. The number of cyclic esters (lactones) is 1. The van der Waals surface area contributed by atoms with E-state index in [2.05, 4.69) is 5.32 Å². The van der Waals surface area contributed by atoms with Crippen LogP contribution in [0.4, 0.5) is 5.69 Å². The number of rotatable bonds is 7. The van der Waals surface area contributed by atoms with Crippen LogP contribution in [-0.2, 0) is 31.8 Å². The van der Waals surface area contributed by atoms with Crippen LogP contribution in [0, 0.1) is 0 Å². The highest BCUT2D eigenvalue weighted by molar-refractivity contribution is 6.33. The highest BCUT2D eigenvalue weighted by atomic mass is 35.5. The van der Waals surface area contributed by atoms with E-state index in [1.54, 1.807) is 6.07 Å². The van der Waals surface area contributed by atoms with E-state index in [1.165, 1.54) is 21.3 Å². The Morgan fingerprint density at radius 3 is 2.36 bits per heavy atom. The molecule has 0 saturated carbocycles. The maximum atomic E-state index is 12.9. The van der Waals surface area contributed by atoms with Crippen LogP contribution >= 0.6 is 11.6 Å². The van der Waals surface area contributed by atoms with E-state index < -0.39 is 11.7 Å². The van der Waals surface area contributed by atoms with Crippen LogP contribution < -0.4 is 19.5 Å². The number of nitrogens with one attached hydrogen (secondary N) is 1. The van der Waals surface area contributed by atoms with Gasteiger partial charge in [0.1, 0.15) is 17.1 Å².